The van der Waals surface area contributed by atoms with E-state index in [9.17, 15) is 4.79 Å². The Morgan fingerprint density at radius 2 is 1.93 bits per heavy atom. The molecule has 1 aromatic carbocycles. The average Bonchev–Trinajstić information content (AvgIpc) is 3.29. The molecule has 0 saturated carbocycles. The van der Waals surface area contributed by atoms with Crippen molar-refractivity contribution in [2.45, 2.75) is 39.7 Å². The highest BCUT2D eigenvalue weighted by Gasteiger charge is 2.32. The number of hydrogen-bond acceptors (Lipinski definition) is 4. The fourth-order valence-electron chi connectivity index (χ4n) is 3.84. The van der Waals surface area contributed by atoms with E-state index in [1.54, 1.807) is 12.4 Å². The number of thiazole rings is 1. The standard InChI is InChI=1S/C22H23N3OS/c1-14-6-7-18(15(2)13-14)21-24-16(3)20(27-21)22(26)25-12-4-5-19(25)17-8-10-23-11-9-17/h6-11,13,19H,4-5,12H2,1-3H3. The van der Waals surface area contributed by atoms with Gasteiger partial charge >= 0.3 is 0 Å². The quantitative estimate of drug-likeness (QED) is 0.637. The monoisotopic (exact) mass is 377 g/mol. The van der Waals surface area contributed by atoms with Crippen molar-refractivity contribution >= 4 is 17.2 Å². The van der Waals surface area contributed by atoms with Crippen LogP contribution in [0.25, 0.3) is 10.6 Å². The summed E-state index contributed by atoms with van der Waals surface area (Å²) in [5.41, 5.74) is 5.52. The van der Waals surface area contributed by atoms with Gasteiger partial charge < -0.3 is 4.90 Å². The Bertz CT molecular complexity index is 980. The molecule has 1 amide bonds. The van der Waals surface area contributed by atoms with Gasteiger partial charge in [-0.2, -0.15) is 0 Å². The maximum Gasteiger partial charge on any atom is 0.266 e. The highest BCUT2D eigenvalue weighted by molar-refractivity contribution is 7.17. The third-order valence-corrected chi connectivity index (χ3v) is 6.39. The summed E-state index contributed by atoms with van der Waals surface area (Å²) in [6.45, 7) is 6.92. The van der Waals surface area contributed by atoms with Gasteiger partial charge in [0.25, 0.3) is 5.91 Å². The summed E-state index contributed by atoms with van der Waals surface area (Å²) in [6.07, 6.45) is 5.62. The van der Waals surface area contributed by atoms with Crippen molar-refractivity contribution in [3.05, 3.63) is 70.0 Å². The number of likely N-dealkylation sites (tertiary alicyclic amines) is 1. The molecular weight excluding hydrogens is 354 g/mol. The molecule has 1 aliphatic heterocycles. The van der Waals surface area contributed by atoms with Crippen molar-refractivity contribution in [3.63, 3.8) is 0 Å². The van der Waals surface area contributed by atoms with E-state index < -0.39 is 0 Å². The van der Waals surface area contributed by atoms with Crippen LogP contribution in [0.5, 0.6) is 0 Å². The molecular formula is C22H23N3OS. The van der Waals surface area contributed by atoms with Crippen LogP contribution < -0.4 is 0 Å². The number of amides is 1. The number of carbonyl (C=O) groups is 1. The number of hydrogen-bond donors (Lipinski definition) is 0. The first-order chi connectivity index (χ1) is 13.0. The normalized spacial score (nSPS) is 16.7. The largest absolute Gasteiger partial charge is 0.331 e. The van der Waals surface area contributed by atoms with E-state index in [4.69, 9.17) is 4.98 Å². The third-order valence-electron chi connectivity index (χ3n) is 5.21. The van der Waals surface area contributed by atoms with Gasteiger partial charge in [0.15, 0.2) is 0 Å². The fourth-order valence-corrected chi connectivity index (χ4v) is 4.95. The predicted octanol–water partition coefficient (Wildman–Crippen LogP) is 5.11. The van der Waals surface area contributed by atoms with Crippen molar-refractivity contribution in [1.29, 1.82) is 0 Å². The zero-order valence-corrected chi connectivity index (χ0v) is 16.7. The molecule has 4 rings (SSSR count). The molecule has 1 fully saturated rings. The fraction of sp³-hybridized carbons (Fsp3) is 0.318. The van der Waals surface area contributed by atoms with E-state index in [0.29, 0.717) is 0 Å². The van der Waals surface area contributed by atoms with E-state index in [2.05, 4.69) is 37.0 Å². The summed E-state index contributed by atoms with van der Waals surface area (Å²) in [6, 6.07) is 10.5. The van der Waals surface area contributed by atoms with Crippen molar-refractivity contribution in [3.8, 4) is 10.6 Å². The van der Waals surface area contributed by atoms with Crippen LogP contribution in [0.1, 0.15) is 50.9 Å². The molecule has 0 aliphatic carbocycles. The smallest absolute Gasteiger partial charge is 0.266 e. The zero-order chi connectivity index (χ0) is 19.0. The number of nitrogens with zero attached hydrogens (tertiary/aromatic N) is 3. The van der Waals surface area contributed by atoms with Gasteiger partial charge in [0.2, 0.25) is 0 Å². The number of aromatic nitrogens is 2. The molecule has 0 spiro atoms. The van der Waals surface area contributed by atoms with Crippen LogP contribution in [0.4, 0.5) is 0 Å². The molecule has 1 saturated heterocycles. The molecule has 0 bridgehead atoms. The first kappa shape index (κ1) is 17.9. The SMILES string of the molecule is Cc1ccc(-c2nc(C)c(C(=O)N3CCCC3c3ccncc3)s2)c(C)c1. The van der Waals surface area contributed by atoms with Crippen molar-refractivity contribution in [2.75, 3.05) is 6.54 Å². The van der Waals surface area contributed by atoms with Crippen LogP contribution in [0, 0.1) is 20.8 Å². The maximum atomic E-state index is 13.3. The average molecular weight is 378 g/mol. The summed E-state index contributed by atoms with van der Waals surface area (Å²) in [7, 11) is 0. The molecule has 138 valence electrons. The predicted molar refractivity (Wildman–Crippen MR) is 109 cm³/mol. The van der Waals surface area contributed by atoms with E-state index in [1.807, 2.05) is 24.0 Å². The minimum absolute atomic E-state index is 0.0975. The van der Waals surface area contributed by atoms with Crippen LogP contribution in [0.3, 0.4) is 0 Å². The molecule has 5 heteroatoms. The Morgan fingerprint density at radius 1 is 1.15 bits per heavy atom. The van der Waals surface area contributed by atoms with Gasteiger partial charge in [0.1, 0.15) is 9.88 Å². The minimum atomic E-state index is 0.0975. The lowest BCUT2D eigenvalue weighted by Gasteiger charge is -2.24. The molecule has 3 aromatic rings. The first-order valence-corrected chi connectivity index (χ1v) is 10.1. The molecule has 3 heterocycles. The molecule has 1 atom stereocenters. The second-order valence-corrected chi connectivity index (χ2v) is 8.19. The van der Waals surface area contributed by atoms with Crippen molar-refractivity contribution in [2.24, 2.45) is 0 Å². The Morgan fingerprint density at radius 3 is 2.67 bits per heavy atom. The lowest BCUT2D eigenvalue weighted by molar-refractivity contribution is 0.0739. The van der Waals surface area contributed by atoms with Gasteiger partial charge in [-0.15, -0.1) is 11.3 Å². The summed E-state index contributed by atoms with van der Waals surface area (Å²) < 4.78 is 0. The lowest BCUT2D eigenvalue weighted by Crippen LogP contribution is -2.30. The van der Waals surface area contributed by atoms with Crippen LogP contribution in [-0.2, 0) is 0 Å². The topological polar surface area (TPSA) is 46.1 Å². The summed E-state index contributed by atoms with van der Waals surface area (Å²) in [5, 5.41) is 0.924. The highest BCUT2D eigenvalue weighted by atomic mass is 32.1. The second-order valence-electron chi connectivity index (χ2n) is 7.19. The molecule has 4 nitrogen and oxygen atoms in total. The van der Waals surface area contributed by atoms with Gasteiger partial charge in [0.05, 0.1) is 11.7 Å². The first-order valence-electron chi connectivity index (χ1n) is 9.30. The second kappa shape index (κ2) is 7.24. The van der Waals surface area contributed by atoms with E-state index in [0.717, 1.165) is 46.1 Å². The maximum absolute atomic E-state index is 13.3. The Labute approximate surface area is 163 Å². The Kier molecular flexibility index (Phi) is 4.79. The summed E-state index contributed by atoms with van der Waals surface area (Å²) in [5.74, 6) is 0.0975. The Balaban J connectivity index is 1.65. The number of carbonyl (C=O) groups excluding carboxylic acids is 1. The third kappa shape index (κ3) is 3.39. The number of benzene rings is 1. The summed E-state index contributed by atoms with van der Waals surface area (Å²) in [4.78, 5) is 24.9. The molecule has 0 N–H and O–H groups in total. The van der Waals surface area contributed by atoms with Gasteiger partial charge in [-0.3, -0.25) is 9.78 Å². The van der Waals surface area contributed by atoms with Crippen molar-refractivity contribution in [1.82, 2.24) is 14.9 Å². The molecule has 0 radical (unpaired) electrons. The van der Waals surface area contributed by atoms with E-state index in [-0.39, 0.29) is 11.9 Å². The number of aryl methyl sites for hydroxylation is 3. The lowest BCUT2D eigenvalue weighted by atomic mass is 10.1. The molecule has 1 aliphatic rings. The van der Waals surface area contributed by atoms with Gasteiger partial charge in [0, 0.05) is 24.5 Å². The molecule has 27 heavy (non-hydrogen) atoms. The minimum Gasteiger partial charge on any atom is -0.331 e. The van der Waals surface area contributed by atoms with Crippen LogP contribution >= 0.6 is 11.3 Å². The van der Waals surface area contributed by atoms with Crippen LogP contribution in [0.2, 0.25) is 0 Å². The Hall–Kier alpha value is -2.53. The van der Waals surface area contributed by atoms with Gasteiger partial charge in [-0.25, -0.2) is 4.98 Å². The molecule has 1 unspecified atom stereocenters. The summed E-state index contributed by atoms with van der Waals surface area (Å²) >= 11 is 1.51. The van der Waals surface area contributed by atoms with Crippen molar-refractivity contribution < 1.29 is 4.79 Å². The number of pyridine rings is 1. The van der Waals surface area contributed by atoms with Crippen LogP contribution in [-0.4, -0.2) is 27.3 Å². The highest BCUT2D eigenvalue weighted by Crippen LogP contribution is 2.36. The van der Waals surface area contributed by atoms with E-state index >= 15 is 0 Å². The van der Waals surface area contributed by atoms with Gasteiger partial charge in [-0.1, -0.05) is 23.8 Å². The van der Waals surface area contributed by atoms with E-state index in [1.165, 1.54) is 22.5 Å². The zero-order valence-electron chi connectivity index (χ0n) is 15.9. The number of rotatable bonds is 3. The van der Waals surface area contributed by atoms with Crippen LogP contribution in [0.15, 0.2) is 42.7 Å². The molecule has 2 aromatic heterocycles. The van der Waals surface area contributed by atoms with Gasteiger partial charge in [-0.05, 0) is 56.9 Å².